The van der Waals surface area contributed by atoms with Gasteiger partial charge < -0.3 is 0 Å². The van der Waals surface area contributed by atoms with E-state index in [1.54, 1.807) is 11.8 Å². The quantitative estimate of drug-likeness (QED) is 0.569. The maximum Gasteiger partial charge on any atom is -0.00150 e. The fourth-order valence-corrected chi connectivity index (χ4v) is 1.31. The van der Waals surface area contributed by atoms with Crippen LogP contribution in [0.4, 0.5) is 0 Å². The summed E-state index contributed by atoms with van der Waals surface area (Å²) in [6.07, 6.45) is 0.925. The van der Waals surface area contributed by atoms with E-state index in [2.05, 4.69) is 32.4 Å². The van der Waals surface area contributed by atoms with Crippen molar-refractivity contribution in [3.8, 4) is 0 Å². The molecule has 0 saturated carbocycles. The SMILES string of the molecule is C=C(C)CC(=C)SC=C(C)C. The van der Waals surface area contributed by atoms with Crippen LogP contribution in [0.2, 0.25) is 0 Å². The van der Waals surface area contributed by atoms with Crippen molar-refractivity contribution in [2.24, 2.45) is 0 Å². The lowest BCUT2D eigenvalue weighted by atomic mass is 10.2. The van der Waals surface area contributed by atoms with Crippen LogP contribution in [0.1, 0.15) is 27.2 Å². The number of thioether (sulfide) groups is 1. The molecule has 0 aromatic heterocycles. The minimum absolute atomic E-state index is 0.925. The Morgan fingerprint density at radius 2 is 1.82 bits per heavy atom. The van der Waals surface area contributed by atoms with Gasteiger partial charge in [0.25, 0.3) is 0 Å². The molecule has 0 atom stereocenters. The molecule has 0 saturated heterocycles. The van der Waals surface area contributed by atoms with Crippen molar-refractivity contribution in [3.63, 3.8) is 0 Å². The molecule has 0 aromatic carbocycles. The molecule has 0 nitrogen and oxygen atoms in total. The average Bonchev–Trinajstić information content (AvgIpc) is 1.82. The minimum Gasteiger partial charge on any atom is -0.103 e. The summed E-state index contributed by atoms with van der Waals surface area (Å²) < 4.78 is 0. The molecule has 0 spiro atoms. The van der Waals surface area contributed by atoms with Crippen LogP contribution >= 0.6 is 11.8 Å². The summed E-state index contributed by atoms with van der Waals surface area (Å²) in [4.78, 5) is 1.17. The first-order chi connectivity index (χ1) is 5.02. The predicted octanol–water partition coefficient (Wildman–Crippen LogP) is 4.12. The van der Waals surface area contributed by atoms with Gasteiger partial charge in [0.2, 0.25) is 0 Å². The fraction of sp³-hybridized carbons (Fsp3) is 0.400. The van der Waals surface area contributed by atoms with E-state index in [4.69, 9.17) is 0 Å². The van der Waals surface area contributed by atoms with Crippen LogP contribution in [0, 0.1) is 0 Å². The maximum absolute atomic E-state index is 3.92. The van der Waals surface area contributed by atoms with Crippen molar-refractivity contribution in [1.29, 1.82) is 0 Å². The van der Waals surface area contributed by atoms with Crippen molar-refractivity contribution in [2.45, 2.75) is 27.2 Å². The van der Waals surface area contributed by atoms with Crippen LogP contribution in [0.15, 0.2) is 34.6 Å². The van der Waals surface area contributed by atoms with E-state index in [0.717, 1.165) is 6.42 Å². The molecule has 0 fully saturated rings. The zero-order valence-corrected chi connectivity index (χ0v) is 8.42. The largest absolute Gasteiger partial charge is 0.103 e. The smallest absolute Gasteiger partial charge is 0.00150 e. The highest BCUT2D eigenvalue weighted by Crippen LogP contribution is 2.22. The van der Waals surface area contributed by atoms with E-state index in [1.807, 2.05) is 6.92 Å². The van der Waals surface area contributed by atoms with Crippen molar-refractivity contribution in [2.75, 3.05) is 0 Å². The van der Waals surface area contributed by atoms with Crippen LogP contribution in [0.3, 0.4) is 0 Å². The molecule has 0 bridgehead atoms. The molecule has 0 N–H and O–H groups in total. The molecule has 0 aromatic rings. The first-order valence-corrected chi connectivity index (χ1v) is 4.52. The lowest BCUT2D eigenvalue weighted by molar-refractivity contribution is 1.21. The first kappa shape index (κ1) is 10.6. The van der Waals surface area contributed by atoms with Crippen molar-refractivity contribution >= 4 is 11.8 Å². The summed E-state index contributed by atoms with van der Waals surface area (Å²) in [5.41, 5.74) is 2.49. The molecule has 0 radical (unpaired) electrons. The van der Waals surface area contributed by atoms with E-state index in [-0.39, 0.29) is 0 Å². The lowest BCUT2D eigenvalue weighted by Crippen LogP contribution is -1.74. The molecule has 0 aliphatic rings. The van der Waals surface area contributed by atoms with E-state index in [1.165, 1.54) is 16.1 Å². The highest BCUT2D eigenvalue weighted by Gasteiger charge is 1.92. The number of hydrogen-bond acceptors (Lipinski definition) is 1. The monoisotopic (exact) mass is 168 g/mol. The van der Waals surface area contributed by atoms with E-state index in [9.17, 15) is 0 Å². The second kappa shape index (κ2) is 5.25. The Morgan fingerprint density at radius 1 is 1.27 bits per heavy atom. The molecule has 0 aliphatic carbocycles. The molecular formula is C10H16S. The third-order valence-corrected chi connectivity index (χ3v) is 2.03. The fourth-order valence-electron chi connectivity index (χ4n) is 0.579. The standard InChI is InChI=1S/C10H16S/c1-8(2)6-10(5)11-7-9(3)4/h7H,1,5-6H2,2-4H3. The van der Waals surface area contributed by atoms with Gasteiger partial charge in [-0.15, -0.1) is 11.8 Å². The van der Waals surface area contributed by atoms with Gasteiger partial charge in [-0.3, -0.25) is 0 Å². The van der Waals surface area contributed by atoms with Crippen LogP contribution in [0.25, 0.3) is 0 Å². The summed E-state index contributed by atoms with van der Waals surface area (Å²) >= 11 is 1.70. The summed E-state index contributed by atoms with van der Waals surface area (Å²) in [5, 5.41) is 2.12. The molecular weight excluding hydrogens is 152 g/mol. The maximum atomic E-state index is 3.92. The number of rotatable bonds is 4. The Bertz CT molecular complexity index is 183. The van der Waals surface area contributed by atoms with Crippen molar-refractivity contribution in [1.82, 2.24) is 0 Å². The van der Waals surface area contributed by atoms with Gasteiger partial charge in [-0.05, 0) is 37.5 Å². The second-order valence-electron chi connectivity index (χ2n) is 2.99. The first-order valence-electron chi connectivity index (χ1n) is 3.64. The van der Waals surface area contributed by atoms with E-state index in [0.29, 0.717) is 0 Å². The molecule has 0 rings (SSSR count). The zero-order valence-electron chi connectivity index (χ0n) is 7.61. The van der Waals surface area contributed by atoms with Gasteiger partial charge in [0.15, 0.2) is 0 Å². The van der Waals surface area contributed by atoms with E-state index >= 15 is 0 Å². The molecule has 0 amide bonds. The molecule has 1 heteroatoms. The predicted molar refractivity (Wildman–Crippen MR) is 55.6 cm³/mol. The second-order valence-corrected chi connectivity index (χ2v) is 4.03. The lowest BCUT2D eigenvalue weighted by Gasteiger charge is -2.00. The Labute approximate surface area is 74.1 Å². The van der Waals surface area contributed by atoms with Crippen LogP contribution in [-0.2, 0) is 0 Å². The molecule has 0 aliphatic heterocycles. The van der Waals surface area contributed by atoms with Crippen molar-refractivity contribution < 1.29 is 0 Å². The minimum atomic E-state index is 0.925. The molecule has 0 unspecified atom stereocenters. The summed E-state index contributed by atoms with van der Waals surface area (Å²) in [5.74, 6) is 0. The van der Waals surface area contributed by atoms with Crippen LogP contribution < -0.4 is 0 Å². The van der Waals surface area contributed by atoms with Gasteiger partial charge in [0.1, 0.15) is 0 Å². The number of allylic oxidation sites excluding steroid dienone is 3. The average molecular weight is 168 g/mol. The zero-order chi connectivity index (χ0) is 8.85. The van der Waals surface area contributed by atoms with Crippen molar-refractivity contribution in [3.05, 3.63) is 34.6 Å². The number of hydrogen-bond donors (Lipinski definition) is 0. The highest BCUT2D eigenvalue weighted by molar-refractivity contribution is 8.05. The van der Waals surface area contributed by atoms with Gasteiger partial charge in [0, 0.05) is 0 Å². The van der Waals surface area contributed by atoms with Gasteiger partial charge in [0.05, 0.1) is 0 Å². The summed E-state index contributed by atoms with van der Waals surface area (Å²) in [6, 6.07) is 0. The summed E-state index contributed by atoms with van der Waals surface area (Å²) in [7, 11) is 0. The Hall–Kier alpha value is -0.430. The topological polar surface area (TPSA) is 0 Å². The molecule has 0 heterocycles. The summed E-state index contributed by atoms with van der Waals surface area (Å²) in [6.45, 7) is 13.9. The van der Waals surface area contributed by atoms with Gasteiger partial charge >= 0.3 is 0 Å². The van der Waals surface area contributed by atoms with Gasteiger partial charge in [-0.1, -0.05) is 24.3 Å². The Morgan fingerprint density at radius 3 is 2.18 bits per heavy atom. The molecule has 11 heavy (non-hydrogen) atoms. The van der Waals surface area contributed by atoms with Crippen LogP contribution in [0.5, 0.6) is 0 Å². The van der Waals surface area contributed by atoms with Gasteiger partial charge in [-0.25, -0.2) is 0 Å². The molecule has 62 valence electrons. The third kappa shape index (κ3) is 7.47. The Balaban J connectivity index is 3.71. The highest BCUT2D eigenvalue weighted by atomic mass is 32.2. The normalized spacial score (nSPS) is 9.00. The third-order valence-electron chi connectivity index (χ3n) is 0.960. The van der Waals surface area contributed by atoms with Crippen LogP contribution in [-0.4, -0.2) is 0 Å². The Kier molecular flexibility index (Phi) is 5.05. The van der Waals surface area contributed by atoms with Gasteiger partial charge in [-0.2, -0.15) is 0 Å². The van der Waals surface area contributed by atoms with E-state index < -0.39 is 0 Å².